The van der Waals surface area contributed by atoms with Crippen molar-refractivity contribution in [3.8, 4) is 0 Å². The monoisotopic (exact) mass is 566 g/mol. The normalized spacial score (nSPS) is 26.3. The number of benzene rings is 2. The highest BCUT2D eigenvalue weighted by atomic mass is 35.5. The lowest BCUT2D eigenvalue weighted by molar-refractivity contribution is -0.123. The number of fused-ring (bicyclic) bond motifs is 2. The number of aliphatic hydroxyl groups is 3. The molecule has 5 N–H and O–H groups in total. The number of ketones is 1. The second kappa shape index (κ2) is 10.8. The molecule has 0 unspecified atom stereocenters. The van der Waals surface area contributed by atoms with Crippen LogP contribution in [-0.2, 0) is 15.0 Å². The summed E-state index contributed by atoms with van der Waals surface area (Å²) in [5.41, 5.74) is -0.181. The third-order valence-electron chi connectivity index (χ3n) is 7.57. The average Bonchev–Trinajstić information content (AvgIpc) is 3.31. The van der Waals surface area contributed by atoms with Gasteiger partial charge in [0.05, 0.1) is 23.8 Å². The number of amides is 1. The summed E-state index contributed by atoms with van der Waals surface area (Å²) in [6.07, 6.45) is -2.37. The summed E-state index contributed by atoms with van der Waals surface area (Å²) in [7, 11) is 0. The molecule has 2 aliphatic heterocycles. The molecule has 38 heavy (non-hydrogen) atoms. The van der Waals surface area contributed by atoms with Gasteiger partial charge in [-0.15, -0.1) is 0 Å². The van der Waals surface area contributed by atoms with E-state index in [-0.39, 0.29) is 35.0 Å². The summed E-state index contributed by atoms with van der Waals surface area (Å²) in [6, 6.07) is 8.16. The van der Waals surface area contributed by atoms with E-state index in [1.165, 1.54) is 12.1 Å². The molecular weight excluding hydrogens is 534 g/mol. The van der Waals surface area contributed by atoms with Crippen molar-refractivity contribution in [2.75, 3.05) is 11.9 Å². The molecule has 0 bridgehead atoms. The van der Waals surface area contributed by atoms with Crippen LogP contribution in [0.5, 0.6) is 0 Å². The molecule has 10 heteroatoms. The lowest BCUT2D eigenvalue weighted by Gasteiger charge is -2.37. The van der Waals surface area contributed by atoms with Crippen molar-refractivity contribution < 1.29 is 29.3 Å². The van der Waals surface area contributed by atoms with Gasteiger partial charge in [0.25, 0.3) is 0 Å². The molecule has 2 aromatic carbocycles. The van der Waals surface area contributed by atoms with E-state index in [1.54, 1.807) is 24.3 Å². The van der Waals surface area contributed by atoms with E-state index >= 15 is 0 Å². The molecule has 0 saturated carbocycles. The first-order valence-corrected chi connectivity index (χ1v) is 13.4. The number of hydrogen-bond donors (Lipinski definition) is 5. The Kier molecular flexibility index (Phi) is 8.25. The Morgan fingerprint density at radius 1 is 1.16 bits per heavy atom. The molecule has 0 aromatic heterocycles. The van der Waals surface area contributed by atoms with Gasteiger partial charge in [-0.2, -0.15) is 0 Å². The van der Waals surface area contributed by atoms with Crippen molar-refractivity contribution in [3.05, 3.63) is 63.4 Å². The van der Waals surface area contributed by atoms with Gasteiger partial charge in [-0.1, -0.05) is 56.1 Å². The smallest absolute Gasteiger partial charge is 0.237 e. The first-order chi connectivity index (χ1) is 17.8. The third kappa shape index (κ3) is 5.22. The van der Waals surface area contributed by atoms with E-state index in [0.717, 1.165) is 0 Å². The largest absolute Gasteiger partial charge is 0.394 e. The quantitative estimate of drug-likeness (QED) is 0.330. The molecule has 4 rings (SSSR count). The zero-order valence-electron chi connectivity index (χ0n) is 21.5. The fourth-order valence-corrected chi connectivity index (χ4v) is 6.31. The highest BCUT2D eigenvalue weighted by molar-refractivity contribution is 6.31. The van der Waals surface area contributed by atoms with E-state index in [9.17, 15) is 24.2 Å². The van der Waals surface area contributed by atoms with Gasteiger partial charge in [0, 0.05) is 29.1 Å². The molecule has 0 aliphatic carbocycles. The Hall–Kier alpha value is -2.07. The van der Waals surface area contributed by atoms with Crippen molar-refractivity contribution in [1.29, 1.82) is 0 Å². The SMILES string of the molecule is CC(C)(C)C[C@H]1N[C@@H](C(=O)CC[C@H](O)[C@H](O)CO)[C@H](c2cccc(Cl)c2)[C@@]12C(=O)Nc1cc(Cl)c(F)cc12. The second-order valence-corrected chi connectivity index (χ2v) is 12.3. The Morgan fingerprint density at radius 3 is 2.50 bits per heavy atom. The predicted molar refractivity (Wildman–Crippen MR) is 144 cm³/mol. The number of rotatable bonds is 8. The zero-order chi connectivity index (χ0) is 28.0. The average molecular weight is 567 g/mol. The first-order valence-electron chi connectivity index (χ1n) is 12.6. The highest BCUT2D eigenvalue weighted by Gasteiger charge is 2.65. The maximum atomic E-state index is 14.9. The summed E-state index contributed by atoms with van der Waals surface area (Å²) in [6.45, 7) is 5.43. The van der Waals surface area contributed by atoms with Crippen LogP contribution in [0.4, 0.5) is 10.1 Å². The number of hydrogen-bond acceptors (Lipinski definition) is 6. The molecule has 206 valence electrons. The number of carbonyl (C=O) groups excluding carboxylic acids is 2. The summed E-state index contributed by atoms with van der Waals surface area (Å²) in [5, 5.41) is 35.6. The van der Waals surface area contributed by atoms with Crippen molar-refractivity contribution in [2.24, 2.45) is 5.41 Å². The van der Waals surface area contributed by atoms with Crippen molar-refractivity contribution >= 4 is 40.6 Å². The Bertz CT molecular complexity index is 1240. The van der Waals surface area contributed by atoms with Crippen molar-refractivity contribution in [3.63, 3.8) is 0 Å². The summed E-state index contributed by atoms with van der Waals surface area (Å²) < 4.78 is 14.9. The summed E-state index contributed by atoms with van der Waals surface area (Å²) >= 11 is 12.4. The van der Waals surface area contributed by atoms with Gasteiger partial charge in [-0.05, 0) is 53.6 Å². The maximum Gasteiger partial charge on any atom is 0.237 e. The van der Waals surface area contributed by atoms with Crippen molar-refractivity contribution in [2.45, 2.75) is 75.7 Å². The standard InChI is InChI=1S/C28H33Cl2FN2O5/c1-27(2,3)12-23-28(16-10-18(31)17(30)11-19(16)32-26(28)38)24(14-5-4-6-15(29)9-14)25(33-23)21(36)8-7-20(35)22(37)13-34/h4-6,9-11,20,22-25,33-35,37H,7-8,12-13H2,1-3H3,(H,32,38)/t20-,22+,23+,24-,25-,28-/m0/s1. The second-order valence-electron chi connectivity index (χ2n) is 11.5. The molecule has 6 atom stereocenters. The van der Waals surface area contributed by atoms with Gasteiger partial charge in [-0.25, -0.2) is 4.39 Å². The maximum absolute atomic E-state index is 14.9. The van der Waals surface area contributed by atoms with Gasteiger partial charge in [0.15, 0.2) is 5.78 Å². The predicted octanol–water partition coefficient (Wildman–Crippen LogP) is 3.95. The van der Waals surface area contributed by atoms with Gasteiger partial charge >= 0.3 is 0 Å². The molecule has 0 radical (unpaired) electrons. The molecule has 1 spiro atoms. The third-order valence-corrected chi connectivity index (χ3v) is 8.10. The topological polar surface area (TPSA) is 119 Å². The van der Waals surface area contributed by atoms with Gasteiger partial charge < -0.3 is 26.0 Å². The fourth-order valence-electron chi connectivity index (χ4n) is 5.95. The van der Waals surface area contributed by atoms with Crippen LogP contribution in [-0.4, -0.2) is 57.9 Å². The molecule has 7 nitrogen and oxygen atoms in total. The lowest BCUT2D eigenvalue weighted by atomic mass is 9.62. The number of Topliss-reactive ketones (excluding diaryl/α,β-unsaturated/α-hetero) is 1. The van der Waals surface area contributed by atoms with Crippen LogP contribution in [0.25, 0.3) is 0 Å². The number of aliphatic hydroxyl groups excluding tert-OH is 3. The van der Waals surface area contributed by atoms with Crippen LogP contribution < -0.4 is 10.6 Å². The number of carbonyl (C=O) groups is 2. The van der Waals surface area contributed by atoms with E-state index in [0.29, 0.717) is 28.3 Å². The van der Waals surface area contributed by atoms with E-state index < -0.39 is 48.0 Å². The van der Waals surface area contributed by atoms with Crippen LogP contribution in [0.3, 0.4) is 0 Å². The Morgan fingerprint density at radius 2 is 1.87 bits per heavy atom. The molecular formula is C28H33Cl2FN2O5. The minimum atomic E-state index is -1.37. The highest BCUT2D eigenvalue weighted by Crippen LogP contribution is 2.57. The van der Waals surface area contributed by atoms with Gasteiger partial charge in [-0.3, -0.25) is 9.59 Å². The van der Waals surface area contributed by atoms with Gasteiger partial charge in [0.2, 0.25) is 5.91 Å². The Balaban J connectivity index is 1.89. The number of nitrogens with one attached hydrogen (secondary N) is 2. The summed E-state index contributed by atoms with van der Waals surface area (Å²) in [4.78, 5) is 27.8. The van der Waals surface area contributed by atoms with Crippen LogP contribution in [0.15, 0.2) is 36.4 Å². The van der Waals surface area contributed by atoms with E-state index in [4.69, 9.17) is 28.3 Å². The first kappa shape index (κ1) is 28.9. The molecule has 2 heterocycles. The zero-order valence-corrected chi connectivity index (χ0v) is 23.0. The summed E-state index contributed by atoms with van der Waals surface area (Å²) in [5.74, 6) is -2.09. The number of anilines is 1. The van der Waals surface area contributed by atoms with E-state index in [2.05, 4.69) is 10.6 Å². The minimum Gasteiger partial charge on any atom is -0.394 e. The molecule has 2 aliphatic rings. The minimum absolute atomic E-state index is 0.0784. The van der Waals surface area contributed by atoms with Gasteiger partial charge in [0.1, 0.15) is 17.3 Å². The lowest BCUT2D eigenvalue weighted by Crippen LogP contribution is -2.49. The molecule has 1 amide bonds. The Labute approximate surface area is 231 Å². The van der Waals surface area contributed by atoms with Crippen LogP contribution in [0.2, 0.25) is 10.0 Å². The number of halogens is 3. The molecule has 1 fully saturated rings. The van der Waals surface area contributed by atoms with E-state index in [1.807, 2.05) is 20.8 Å². The molecule has 2 aromatic rings. The van der Waals surface area contributed by atoms with Crippen LogP contribution >= 0.6 is 23.2 Å². The van der Waals surface area contributed by atoms with Crippen molar-refractivity contribution in [1.82, 2.24) is 5.32 Å². The molecule has 1 saturated heterocycles. The fraction of sp³-hybridized carbons (Fsp3) is 0.500. The van der Waals surface area contributed by atoms with Crippen LogP contribution in [0.1, 0.15) is 57.1 Å². The van der Waals surface area contributed by atoms with Crippen LogP contribution in [0, 0.1) is 11.2 Å².